The van der Waals surface area contributed by atoms with Crippen molar-refractivity contribution in [1.82, 2.24) is 4.90 Å². The number of carbonyl (C=O) groups is 2. The third-order valence-electron chi connectivity index (χ3n) is 5.44. The standard InChI is InChI=1S/C23H25N3O5/c1-24(22(27)10-7-17-5-8-20(9-6-17)26(30)31)16-18-3-2-4-21(15-18)25-13-11-19(12-14-25)23(28)29/h2-10,15,19H,11-14,16H2,1H3,(H,28,29)/b10-7+. The Kier molecular flexibility index (Phi) is 7.02. The molecule has 1 heterocycles. The molecule has 8 heteroatoms. The van der Waals surface area contributed by atoms with Gasteiger partial charge in [-0.05, 0) is 54.3 Å². The highest BCUT2D eigenvalue weighted by molar-refractivity contribution is 5.91. The van der Waals surface area contributed by atoms with E-state index in [1.165, 1.54) is 18.2 Å². The first-order valence-corrected chi connectivity index (χ1v) is 10.1. The molecule has 1 amide bonds. The second-order valence-electron chi connectivity index (χ2n) is 7.65. The molecule has 8 nitrogen and oxygen atoms in total. The lowest BCUT2D eigenvalue weighted by Gasteiger charge is -2.32. The number of amides is 1. The van der Waals surface area contributed by atoms with E-state index in [2.05, 4.69) is 4.90 Å². The average molecular weight is 423 g/mol. The van der Waals surface area contributed by atoms with Gasteiger partial charge in [0.25, 0.3) is 5.69 Å². The zero-order valence-corrected chi connectivity index (χ0v) is 17.3. The zero-order chi connectivity index (χ0) is 22.4. The molecular weight excluding hydrogens is 398 g/mol. The fraction of sp³-hybridized carbons (Fsp3) is 0.304. The number of aliphatic carboxylic acids is 1. The summed E-state index contributed by atoms with van der Waals surface area (Å²) in [6, 6.07) is 13.9. The number of benzene rings is 2. The van der Waals surface area contributed by atoms with Crippen molar-refractivity contribution >= 4 is 29.3 Å². The Morgan fingerprint density at radius 3 is 2.48 bits per heavy atom. The number of nitrogens with zero attached hydrogens (tertiary/aromatic N) is 3. The van der Waals surface area contributed by atoms with Gasteiger partial charge in [-0.1, -0.05) is 12.1 Å². The lowest BCUT2D eigenvalue weighted by atomic mass is 9.96. The van der Waals surface area contributed by atoms with E-state index in [0.29, 0.717) is 38.0 Å². The Morgan fingerprint density at radius 2 is 1.87 bits per heavy atom. The van der Waals surface area contributed by atoms with Gasteiger partial charge < -0.3 is 14.9 Å². The number of piperidine rings is 1. The van der Waals surface area contributed by atoms with Gasteiger partial charge >= 0.3 is 5.97 Å². The molecule has 0 spiro atoms. The summed E-state index contributed by atoms with van der Waals surface area (Å²) in [6.07, 6.45) is 4.34. The first-order valence-electron chi connectivity index (χ1n) is 10.1. The molecule has 0 radical (unpaired) electrons. The molecule has 162 valence electrons. The second-order valence-corrected chi connectivity index (χ2v) is 7.65. The highest BCUT2D eigenvalue weighted by Gasteiger charge is 2.24. The predicted molar refractivity (Wildman–Crippen MR) is 118 cm³/mol. The lowest BCUT2D eigenvalue weighted by Crippen LogP contribution is -2.36. The maximum absolute atomic E-state index is 12.4. The summed E-state index contributed by atoms with van der Waals surface area (Å²) in [5.74, 6) is -1.17. The van der Waals surface area contributed by atoms with Crippen molar-refractivity contribution in [2.75, 3.05) is 25.0 Å². The molecule has 1 saturated heterocycles. The van der Waals surface area contributed by atoms with E-state index in [-0.39, 0.29) is 17.5 Å². The van der Waals surface area contributed by atoms with Crippen LogP contribution in [0.25, 0.3) is 6.08 Å². The topological polar surface area (TPSA) is 104 Å². The van der Waals surface area contributed by atoms with Crippen LogP contribution in [0.1, 0.15) is 24.0 Å². The van der Waals surface area contributed by atoms with Crippen LogP contribution in [-0.4, -0.2) is 46.9 Å². The van der Waals surface area contributed by atoms with Gasteiger partial charge in [-0.15, -0.1) is 0 Å². The molecule has 0 aromatic heterocycles. The summed E-state index contributed by atoms with van der Waals surface area (Å²) in [7, 11) is 1.72. The predicted octanol–water partition coefficient (Wildman–Crippen LogP) is 3.57. The van der Waals surface area contributed by atoms with Crippen LogP contribution in [-0.2, 0) is 16.1 Å². The lowest BCUT2D eigenvalue weighted by molar-refractivity contribution is -0.384. The number of carboxylic acids is 1. The molecule has 3 rings (SSSR count). The molecule has 0 bridgehead atoms. The third-order valence-corrected chi connectivity index (χ3v) is 5.44. The monoisotopic (exact) mass is 423 g/mol. The van der Waals surface area contributed by atoms with Crippen LogP contribution in [0.15, 0.2) is 54.6 Å². The first kappa shape index (κ1) is 22.0. The summed E-state index contributed by atoms with van der Waals surface area (Å²) < 4.78 is 0. The Morgan fingerprint density at radius 1 is 1.19 bits per heavy atom. The van der Waals surface area contributed by atoms with Crippen molar-refractivity contribution in [1.29, 1.82) is 0 Å². The van der Waals surface area contributed by atoms with Crippen LogP contribution in [0, 0.1) is 16.0 Å². The summed E-state index contributed by atoms with van der Waals surface area (Å²) >= 11 is 0. The van der Waals surface area contributed by atoms with Crippen molar-refractivity contribution in [3.8, 4) is 0 Å². The van der Waals surface area contributed by atoms with Crippen molar-refractivity contribution in [3.63, 3.8) is 0 Å². The maximum atomic E-state index is 12.4. The fourth-order valence-corrected chi connectivity index (χ4v) is 3.59. The van der Waals surface area contributed by atoms with Gasteiger partial charge in [0.05, 0.1) is 10.8 Å². The molecule has 0 saturated carbocycles. The minimum Gasteiger partial charge on any atom is -0.481 e. The van der Waals surface area contributed by atoms with E-state index in [1.807, 2.05) is 24.3 Å². The number of carboxylic acid groups (broad SMARTS) is 1. The number of anilines is 1. The molecule has 1 aliphatic heterocycles. The number of carbonyl (C=O) groups excluding carboxylic acids is 1. The second kappa shape index (κ2) is 9.88. The number of hydrogen-bond donors (Lipinski definition) is 1. The van der Waals surface area contributed by atoms with Gasteiger partial charge in [-0.3, -0.25) is 19.7 Å². The van der Waals surface area contributed by atoms with Gasteiger partial charge in [0.2, 0.25) is 5.91 Å². The molecule has 0 atom stereocenters. The van der Waals surface area contributed by atoms with Crippen LogP contribution in [0.5, 0.6) is 0 Å². The van der Waals surface area contributed by atoms with Crippen LogP contribution in [0.3, 0.4) is 0 Å². The number of nitro groups is 1. The zero-order valence-electron chi connectivity index (χ0n) is 17.3. The molecule has 1 N–H and O–H groups in total. The summed E-state index contributed by atoms with van der Waals surface area (Å²) in [5, 5.41) is 19.9. The summed E-state index contributed by atoms with van der Waals surface area (Å²) in [5.41, 5.74) is 2.73. The molecule has 0 aliphatic carbocycles. The van der Waals surface area contributed by atoms with Crippen LogP contribution < -0.4 is 4.90 Å². The van der Waals surface area contributed by atoms with E-state index in [9.17, 15) is 19.7 Å². The number of non-ortho nitro benzene ring substituents is 1. The molecule has 1 fully saturated rings. The maximum Gasteiger partial charge on any atom is 0.306 e. The Hall–Kier alpha value is -3.68. The smallest absolute Gasteiger partial charge is 0.306 e. The quantitative estimate of drug-likeness (QED) is 0.415. The first-order chi connectivity index (χ1) is 14.8. The Bertz CT molecular complexity index is 979. The molecular formula is C23H25N3O5. The molecule has 2 aromatic carbocycles. The third kappa shape index (κ3) is 5.91. The molecule has 0 unspecified atom stereocenters. The molecule has 1 aliphatic rings. The SMILES string of the molecule is CN(Cc1cccc(N2CCC(C(=O)O)CC2)c1)C(=O)/C=C/c1ccc([N+](=O)[O-])cc1. The number of hydrogen-bond acceptors (Lipinski definition) is 5. The van der Waals surface area contributed by atoms with Gasteiger partial charge in [-0.2, -0.15) is 0 Å². The Balaban J connectivity index is 1.58. The van der Waals surface area contributed by atoms with E-state index < -0.39 is 10.9 Å². The largest absolute Gasteiger partial charge is 0.481 e. The average Bonchev–Trinajstić information content (AvgIpc) is 2.78. The van der Waals surface area contributed by atoms with E-state index in [0.717, 1.165) is 11.3 Å². The van der Waals surface area contributed by atoms with E-state index >= 15 is 0 Å². The van der Waals surface area contributed by atoms with Crippen LogP contribution >= 0.6 is 0 Å². The van der Waals surface area contributed by atoms with Crippen molar-refractivity contribution in [2.24, 2.45) is 5.92 Å². The van der Waals surface area contributed by atoms with Crippen LogP contribution in [0.4, 0.5) is 11.4 Å². The highest BCUT2D eigenvalue weighted by atomic mass is 16.6. The fourth-order valence-electron chi connectivity index (χ4n) is 3.59. The molecule has 2 aromatic rings. The van der Waals surface area contributed by atoms with Crippen molar-refractivity contribution < 1.29 is 19.6 Å². The number of rotatable bonds is 7. The van der Waals surface area contributed by atoms with E-state index in [4.69, 9.17) is 5.11 Å². The van der Waals surface area contributed by atoms with E-state index in [1.54, 1.807) is 30.2 Å². The summed E-state index contributed by atoms with van der Waals surface area (Å²) in [6.45, 7) is 1.84. The van der Waals surface area contributed by atoms with Gasteiger partial charge in [0.15, 0.2) is 0 Å². The van der Waals surface area contributed by atoms with Crippen LogP contribution in [0.2, 0.25) is 0 Å². The van der Waals surface area contributed by atoms with Gasteiger partial charge in [0.1, 0.15) is 0 Å². The minimum atomic E-state index is -0.727. The summed E-state index contributed by atoms with van der Waals surface area (Å²) in [4.78, 5) is 37.6. The highest BCUT2D eigenvalue weighted by Crippen LogP contribution is 2.24. The van der Waals surface area contributed by atoms with Gasteiger partial charge in [0, 0.05) is 50.6 Å². The Labute approximate surface area is 180 Å². The number of likely N-dealkylation sites (N-methyl/N-ethyl adjacent to an activating group) is 1. The molecule has 31 heavy (non-hydrogen) atoms. The normalized spacial score (nSPS) is 14.5. The van der Waals surface area contributed by atoms with Gasteiger partial charge in [-0.25, -0.2) is 0 Å². The van der Waals surface area contributed by atoms with Crippen molar-refractivity contribution in [3.05, 3.63) is 75.8 Å². The number of nitro benzene ring substituents is 1. The van der Waals surface area contributed by atoms with Crippen molar-refractivity contribution in [2.45, 2.75) is 19.4 Å². The minimum absolute atomic E-state index is 0.00710.